The Balaban J connectivity index is 2.14. The van der Waals surface area contributed by atoms with Gasteiger partial charge in [-0.15, -0.1) is 0 Å². The third kappa shape index (κ3) is 5.78. The molecule has 0 atom stereocenters. The number of anilines is 1. The molecule has 0 saturated heterocycles. The lowest BCUT2D eigenvalue weighted by Gasteiger charge is -2.14. The summed E-state index contributed by atoms with van der Waals surface area (Å²) in [4.78, 5) is 12.4. The van der Waals surface area contributed by atoms with Crippen molar-refractivity contribution in [2.75, 3.05) is 18.5 Å². The van der Waals surface area contributed by atoms with Gasteiger partial charge in [0.2, 0.25) is 5.75 Å². The summed E-state index contributed by atoms with van der Waals surface area (Å²) in [7, 11) is 1.67. The smallest absolute Gasteiger partial charge is 0.296 e. The summed E-state index contributed by atoms with van der Waals surface area (Å²) in [6.07, 6.45) is 9.46. The molecule has 1 aromatic heterocycles. The van der Waals surface area contributed by atoms with Gasteiger partial charge in [-0.05, 0) is 44.5 Å². The second-order valence-electron chi connectivity index (χ2n) is 7.56. The standard InChI is InChI=1S/C23H34N2O3/c1-5-6-7-8-9-10-14-24-18-11-12-19-20(16-18)25(4)23(27)21(26)22(19)28-15-13-17(2)3/h11-13,16,24,26H,5-10,14-15H2,1-4H3. The molecule has 0 unspecified atom stereocenters. The lowest BCUT2D eigenvalue weighted by molar-refractivity contribution is 0.336. The molecule has 0 aliphatic rings. The quantitative estimate of drug-likeness (QED) is 0.403. The maximum Gasteiger partial charge on any atom is 0.296 e. The SMILES string of the molecule is CCCCCCCCNc1ccc2c(OCC=C(C)C)c(O)c(=O)n(C)c2c1. The molecule has 154 valence electrons. The summed E-state index contributed by atoms with van der Waals surface area (Å²) in [6.45, 7) is 7.41. The van der Waals surface area contributed by atoms with Crippen LogP contribution in [0, 0.1) is 0 Å². The molecule has 5 nitrogen and oxygen atoms in total. The van der Waals surface area contributed by atoms with Crippen molar-refractivity contribution in [3.05, 3.63) is 40.2 Å². The first-order valence-electron chi connectivity index (χ1n) is 10.3. The monoisotopic (exact) mass is 386 g/mol. The number of hydrogen-bond acceptors (Lipinski definition) is 4. The van der Waals surface area contributed by atoms with Crippen molar-refractivity contribution in [1.82, 2.24) is 4.57 Å². The zero-order valence-corrected chi connectivity index (χ0v) is 17.7. The first kappa shape index (κ1) is 21.9. The van der Waals surface area contributed by atoms with E-state index in [-0.39, 0.29) is 11.5 Å². The summed E-state index contributed by atoms with van der Waals surface area (Å²) in [5, 5.41) is 14.4. The lowest BCUT2D eigenvalue weighted by Crippen LogP contribution is -2.18. The van der Waals surface area contributed by atoms with Crippen molar-refractivity contribution in [2.45, 2.75) is 59.3 Å². The van der Waals surface area contributed by atoms with Gasteiger partial charge < -0.3 is 19.7 Å². The topological polar surface area (TPSA) is 63.5 Å². The van der Waals surface area contributed by atoms with Gasteiger partial charge in [0.25, 0.3) is 5.56 Å². The number of hydrogen-bond donors (Lipinski definition) is 2. The number of unbranched alkanes of at least 4 members (excludes halogenated alkanes) is 5. The van der Waals surface area contributed by atoms with E-state index in [1.165, 1.54) is 36.7 Å². The molecular weight excluding hydrogens is 352 g/mol. The second-order valence-corrected chi connectivity index (χ2v) is 7.56. The molecule has 0 aliphatic carbocycles. The van der Waals surface area contributed by atoms with E-state index >= 15 is 0 Å². The van der Waals surface area contributed by atoms with E-state index in [2.05, 4.69) is 12.2 Å². The predicted molar refractivity (Wildman–Crippen MR) is 118 cm³/mol. The number of pyridine rings is 1. The van der Waals surface area contributed by atoms with Crippen LogP contribution in [-0.4, -0.2) is 22.8 Å². The van der Waals surface area contributed by atoms with Crippen LogP contribution >= 0.6 is 0 Å². The Morgan fingerprint density at radius 3 is 2.61 bits per heavy atom. The van der Waals surface area contributed by atoms with Gasteiger partial charge >= 0.3 is 0 Å². The van der Waals surface area contributed by atoms with Crippen molar-refractivity contribution < 1.29 is 9.84 Å². The first-order chi connectivity index (χ1) is 13.5. The lowest BCUT2D eigenvalue weighted by atomic mass is 10.1. The highest BCUT2D eigenvalue weighted by Gasteiger charge is 2.16. The molecule has 0 amide bonds. The summed E-state index contributed by atoms with van der Waals surface area (Å²) in [5.74, 6) is -0.0944. The van der Waals surface area contributed by atoms with Gasteiger partial charge in [-0.2, -0.15) is 0 Å². The predicted octanol–water partition coefficient (Wildman–Crippen LogP) is 5.36. The first-order valence-corrected chi connectivity index (χ1v) is 10.3. The molecule has 0 spiro atoms. The number of allylic oxidation sites excluding steroid dienone is 1. The van der Waals surface area contributed by atoms with E-state index < -0.39 is 5.56 Å². The van der Waals surface area contributed by atoms with Crippen LogP contribution in [0.4, 0.5) is 5.69 Å². The van der Waals surface area contributed by atoms with Gasteiger partial charge in [-0.3, -0.25) is 4.79 Å². The van der Waals surface area contributed by atoms with Crippen molar-refractivity contribution in [3.63, 3.8) is 0 Å². The van der Waals surface area contributed by atoms with Crippen LogP contribution in [-0.2, 0) is 7.05 Å². The van der Waals surface area contributed by atoms with Crippen LogP contribution in [0.5, 0.6) is 11.5 Å². The molecular formula is C23H34N2O3. The minimum absolute atomic E-state index is 0.248. The van der Waals surface area contributed by atoms with Crippen LogP contribution in [0.15, 0.2) is 34.6 Å². The molecule has 28 heavy (non-hydrogen) atoms. The second kappa shape index (κ2) is 10.8. The fourth-order valence-electron chi connectivity index (χ4n) is 3.18. The van der Waals surface area contributed by atoms with Crippen molar-refractivity contribution in [2.24, 2.45) is 7.05 Å². The van der Waals surface area contributed by atoms with E-state index in [9.17, 15) is 9.90 Å². The maximum atomic E-state index is 12.4. The number of benzene rings is 1. The number of aromatic hydroxyl groups is 1. The fourth-order valence-corrected chi connectivity index (χ4v) is 3.18. The highest BCUT2D eigenvalue weighted by molar-refractivity contribution is 5.90. The van der Waals surface area contributed by atoms with Crippen LogP contribution in [0.2, 0.25) is 0 Å². The van der Waals surface area contributed by atoms with Gasteiger partial charge in [0.15, 0.2) is 5.75 Å². The molecule has 0 saturated carbocycles. The van der Waals surface area contributed by atoms with Gasteiger partial charge in [0, 0.05) is 24.7 Å². The minimum Gasteiger partial charge on any atom is -0.500 e. The van der Waals surface area contributed by atoms with Crippen molar-refractivity contribution >= 4 is 16.6 Å². The molecule has 0 fully saturated rings. The van der Waals surface area contributed by atoms with Crippen molar-refractivity contribution in [3.8, 4) is 11.5 Å². The number of nitrogens with one attached hydrogen (secondary N) is 1. The molecule has 0 radical (unpaired) electrons. The van der Waals surface area contributed by atoms with E-state index in [4.69, 9.17) is 4.74 Å². The average molecular weight is 387 g/mol. The minimum atomic E-state index is -0.451. The number of aryl methyl sites for hydroxylation is 1. The Bertz CT molecular complexity index is 864. The number of nitrogens with zero attached hydrogens (tertiary/aromatic N) is 1. The molecule has 2 aromatic rings. The van der Waals surface area contributed by atoms with Crippen LogP contribution in [0.1, 0.15) is 59.3 Å². The molecule has 0 bridgehead atoms. The van der Waals surface area contributed by atoms with Gasteiger partial charge in [-0.25, -0.2) is 0 Å². The highest BCUT2D eigenvalue weighted by atomic mass is 16.5. The molecule has 5 heteroatoms. The Labute approximate surface area is 168 Å². The summed E-state index contributed by atoms with van der Waals surface area (Å²) < 4.78 is 7.19. The molecule has 1 aromatic carbocycles. The maximum absolute atomic E-state index is 12.4. The molecule has 2 N–H and O–H groups in total. The summed E-state index contributed by atoms with van der Waals surface area (Å²) in [5.41, 5.74) is 2.38. The molecule has 0 aliphatic heterocycles. The van der Waals surface area contributed by atoms with Crippen LogP contribution < -0.4 is 15.6 Å². The van der Waals surface area contributed by atoms with Crippen molar-refractivity contribution in [1.29, 1.82) is 0 Å². The van der Waals surface area contributed by atoms with E-state index in [1.807, 2.05) is 38.1 Å². The summed E-state index contributed by atoms with van der Waals surface area (Å²) in [6, 6.07) is 5.81. The van der Waals surface area contributed by atoms with E-state index in [0.717, 1.165) is 35.1 Å². The van der Waals surface area contributed by atoms with E-state index in [0.29, 0.717) is 6.61 Å². The largest absolute Gasteiger partial charge is 0.500 e. The Hall–Kier alpha value is -2.43. The zero-order chi connectivity index (χ0) is 20.5. The molecule has 2 rings (SSSR count). The number of rotatable bonds is 11. The zero-order valence-electron chi connectivity index (χ0n) is 17.7. The average Bonchev–Trinajstić information content (AvgIpc) is 2.68. The molecule has 1 heterocycles. The van der Waals surface area contributed by atoms with E-state index in [1.54, 1.807) is 7.05 Å². The normalized spacial score (nSPS) is 10.9. The van der Waals surface area contributed by atoms with Crippen LogP contribution in [0.3, 0.4) is 0 Å². The number of aromatic nitrogens is 1. The highest BCUT2D eigenvalue weighted by Crippen LogP contribution is 2.33. The Morgan fingerprint density at radius 1 is 1.18 bits per heavy atom. The Morgan fingerprint density at radius 2 is 1.89 bits per heavy atom. The third-order valence-corrected chi connectivity index (χ3v) is 4.90. The van der Waals surface area contributed by atoms with Gasteiger partial charge in [0.05, 0.1) is 5.52 Å². The fraction of sp³-hybridized carbons (Fsp3) is 0.522. The Kier molecular flexibility index (Phi) is 8.42. The van der Waals surface area contributed by atoms with Gasteiger partial charge in [-0.1, -0.05) is 44.6 Å². The number of fused-ring (bicyclic) bond motifs is 1. The number of ether oxygens (including phenoxy) is 1. The van der Waals surface area contributed by atoms with Crippen LogP contribution in [0.25, 0.3) is 10.9 Å². The van der Waals surface area contributed by atoms with Gasteiger partial charge in [0.1, 0.15) is 6.61 Å². The summed E-state index contributed by atoms with van der Waals surface area (Å²) >= 11 is 0. The third-order valence-electron chi connectivity index (χ3n) is 4.90.